The summed E-state index contributed by atoms with van der Waals surface area (Å²) >= 11 is 0. The van der Waals surface area contributed by atoms with Gasteiger partial charge >= 0.3 is 0 Å². The van der Waals surface area contributed by atoms with Crippen molar-refractivity contribution in [2.75, 3.05) is 11.6 Å². The summed E-state index contributed by atoms with van der Waals surface area (Å²) in [6.07, 6.45) is 1.36. The van der Waals surface area contributed by atoms with Gasteiger partial charge in [-0.1, -0.05) is 48.5 Å². The third-order valence-electron chi connectivity index (χ3n) is 6.37. The van der Waals surface area contributed by atoms with Crippen LogP contribution in [-0.4, -0.2) is 24.4 Å². The van der Waals surface area contributed by atoms with E-state index in [4.69, 9.17) is 0 Å². The topological polar surface area (TPSA) is 61.4 Å². The number of anilines is 1. The van der Waals surface area contributed by atoms with Gasteiger partial charge in [0, 0.05) is 18.9 Å². The van der Waals surface area contributed by atoms with Crippen molar-refractivity contribution in [1.82, 2.24) is 10.7 Å². The quantitative estimate of drug-likeness (QED) is 0.863. The van der Waals surface area contributed by atoms with Crippen molar-refractivity contribution in [2.24, 2.45) is 17.8 Å². The van der Waals surface area contributed by atoms with E-state index in [0.717, 1.165) is 12.1 Å². The molecule has 2 aliphatic heterocycles. The van der Waals surface area contributed by atoms with Crippen LogP contribution >= 0.6 is 0 Å². The van der Waals surface area contributed by atoms with E-state index in [9.17, 15) is 9.59 Å². The molecular formula is C22H23N3O2. The van der Waals surface area contributed by atoms with Crippen LogP contribution in [0.25, 0.3) is 0 Å². The van der Waals surface area contributed by atoms with Gasteiger partial charge in [0.05, 0.1) is 17.8 Å². The molecule has 2 saturated heterocycles. The van der Waals surface area contributed by atoms with Crippen LogP contribution in [0.4, 0.5) is 5.69 Å². The summed E-state index contributed by atoms with van der Waals surface area (Å²) in [5, 5.41) is 5.06. The van der Waals surface area contributed by atoms with Gasteiger partial charge in [-0.25, -0.2) is 10.4 Å². The fraction of sp³-hybridized carbons (Fsp3) is 0.364. The molecule has 5 heteroatoms. The lowest BCUT2D eigenvalue weighted by molar-refractivity contribution is -0.133. The van der Waals surface area contributed by atoms with Crippen LogP contribution in [-0.2, 0) is 9.59 Å². The summed E-state index contributed by atoms with van der Waals surface area (Å²) in [4.78, 5) is 26.1. The third-order valence-corrected chi connectivity index (χ3v) is 6.37. The van der Waals surface area contributed by atoms with Crippen LogP contribution in [0.5, 0.6) is 0 Å². The Hall–Kier alpha value is -2.50. The first-order chi connectivity index (χ1) is 13.2. The maximum absolute atomic E-state index is 13.3. The number of benzene rings is 2. The highest BCUT2D eigenvalue weighted by Crippen LogP contribution is 2.45. The lowest BCUT2D eigenvalue weighted by atomic mass is 9.64. The minimum Gasteiger partial charge on any atom is -0.299 e. The van der Waals surface area contributed by atoms with Crippen LogP contribution in [0.3, 0.4) is 0 Å². The number of nitrogens with one attached hydrogen (secondary N) is 2. The number of amides is 1. The maximum Gasteiger partial charge on any atom is 0.247 e. The number of hydrogen-bond donors (Lipinski definition) is 2. The second kappa shape index (κ2) is 6.59. The van der Waals surface area contributed by atoms with Gasteiger partial charge in [-0.3, -0.25) is 14.9 Å². The first kappa shape index (κ1) is 16.7. The molecule has 5 rings (SSSR count). The minimum absolute atomic E-state index is 0.0623. The molecule has 0 aromatic heterocycles. The number of hydrogen-bond acceptors (Lipinski definition) is 4. The Morgan fingerprint density at radius 2 is 1.63 bits per heavy atom. The molecule has 2 N–H and O–H groups in total. The molecule has 0 spiro atoms. The molecule has 27 heavy (non-hydrogen) atoms. The molecule has 3 fully saturated rings. The average Bonchev–Trinajstić information content (AvgIpc) is 3.06. The van der Waals surface area contributed by atoms with E-state index < -0.39 is 0 Å². The molecule has 2 aromatic carbocycles. The highest BCUT2D eigenvalue weighted by molar-refractivity contribution is 5.98. The fourth-order valence-corrected chi connectivity index (χ4v) is 5.06. The standard InChI is InChI=1S/C22H23N3O2/c26-19-12-15(14-7-3-1-4-8-14)11-17-18(19)13-23-21-20(17)22(27)25(24-21)16-9-5-2-6-10-16/h1-10,15,17-18,20-21,23-24H,11-13H2. The van der Waals surface area contributed by atoms with Gasteiger partial charge < -0.3 is 0 Å². The van der Waals surface area contributed by atoms with Gasteiger partial charge in [-0.05, 0) is 36.0 Å². The highest BCUT2D eigenvalue weighted by Gasteiger charge is 2.54. The molecule has 3 aliphatic rings. The zero-order chi connectivity index (χ0) is 18.4. The van der Waals surface area contributed by atoms with E-state index in [0.29, 0.717) is 13.0 Å². The first-order valence-corrected chi connectivity index (χ1v) is 9.68. The molecule has 2 aromatic rings. The number of hydrazine groups is 1. The number of nitrogens with zero attached hydrogens (tertiary/aromatic N) is 1. The molecule has 0 radical (unpaired) electrons. The number of carbonyl (C=O) groups is 2. The SMILES string of the molecule is O=C1CC(c2ccccc2)CC2C1CNC1NN(c3ccccc3)C(=O)C12. The third kappa shape index (κ3) is 2.78. The smallest absolute Gasteiger partial charge is 0.247 e. The second-order valence-electron chi connectivity index (χ2n) is 7.83. The summed E-state index contributed by atoms with van der Waals surface area (Å²) in [6, 6.07) is 19.9. The first-order valence-electron chi connectivity index (χ1n) is 9.68. The van der Waals surface area contributed by atoms with Crippen molar-refractivity contribution in [2.45, 2.75) is 24.9 Å². The second-order valence-corrected chi connectivity index (χ2v) is 7.83. The fourth-order valence-electron chi connectivity index (χ4n) is 5.06. The Labute approximate surface area is 158 Å². The Bertz CT molecular complexity index is 854. The van der Waals surface area contributed by atoms with E-state index in [-0.39, 0.29) is 41.5 Å². The van der Waals surface area contributed by atoms with Gasteiger partial charge in [-0.15, -0.1) is 0 Å². The van der Waals surface area contributed by atoms with Gasteiger partial charge in [0.1, 0.15) is 5.78 Å². The summed E-state index contributed by atoms with van der Waals surface area (Å²) in [7, 11) is 0. The van der Waals surface area contributed by atoms with Gasteiger partial charge in [-0.2, -0.15) is 0 Å². The normalized spacial score (nSPS) is 32.9. The van der Waals surface area contributed by atoms with Crippen LogP contribution < -0.4 is 15.8 Å². The zero-order valence-electron chi connectivity index (χ0n) is 15.0. The molecule has 1 saturated carbocycles. The van der Waals surface area contributed by atoms with Crippen LogP contribution in [0.1, 0.15) is 24.3 Å². The largest absolute Gasteiger partial charge is 0.299 e. The molecule has 0 bridgehead atoms. The Morgan fingerprint density at radius 1 is 0.926 bits per heavy atom. The lowest BCUT2D eigenvalue weighted by Crippen LogP contribution is -2.57. The molecular weight excluding hydrogens is 338 g/mol. The van der Waals surface area contributed by atoms with Crippen molar-refractivity contribution < 1.29 is 9.59 Å². The number of Topliss-reactive ketones (excluding diaryl/α,β-unsaturated/α-hetero) is 1. The Kier molecular flexibility index (Phi) is 4.06. The van der Waals surface area contributed by atoms with Gasteiger partial charge in [0.15, 0.2) is 0 Å². The van der Waals surface area contributed by atoms with E-state index in [1.807, 2.05) is 48.5 Å². The number of fused-ring (bicyclic) bond motifs is 3. The molecule has 5 nitrogen and oxygen atoms in total. The van der Waals surface area contributed by atoms with Crippen molar-refractivity contribution in [3.05, 3.63) is 66.2 Å². The monoisotopic (exact) mass is 361 g/mol. The number of piperidine rings is 1. The predicted octanol–water partition coefficient (Wildman–Crippen LogP) is 2.46. The van der Waals surface area contributed by atoms with E-state index in [1.165, 1.54) is 5.56 Å². The van der Waals surface area contributed by atoms with Crippen molar-refractivity contribution >= 4 is 17.4 Å². The summed E-state index contributed by atoms with van der Waals surface area (Å²) < 4.78 is 0. The van der Waals surface area contributed by atoms with Crippen molar-refractivity contribution in [3.63, 3.8) is 0 Å². The molecule has 2 heterocycles. The predicted molar refractivity (Wildman–Crippen MR) is 103 cm³/mol. The summed E-state index contributed by atoms with van der Waals surface area (Å²) in [5.41, 5.74) is 5.37. The van der Waals surface area contributed by atoms with Crippen molar-refractivity contribution in [3.8, 4) is 0 Å². The molecule has 5 atom stereocenters. The highest BCUT2D eigenvalue weighted by atomic mass is 16.2. The van der Waals surface area contributed by atoms with Crippen LogP contribution in [0.2, 0.25) is 0 Å². The number of rotatable bonds is 2. The molecule has 138 valence electrons. The van der Waals surface area contributed by atoms with E-state index >= 15 is 0 Å². The average molecular weight is 361 g/mol. The number of para-hydroxylation sites is 1. The minimum atomic E-state index is -0.209. The molecule has 1 aliphatic carbocycles. The molecule has 1 amide bonds. The van der Waals surface area contributed by atoms with E-state index in [2.05, 4.69) is 22.9 Å². The maximum atomic E-state index is 13.3. The summed E-state index contributed by atoms with van der Waals surface area (Å²) in [6.45, 7) is 0.648. The molecule has 5 unspecified atom stereocenters. The Balaban J connectivity index is 1.44. The van der Waals surface area contributed by atoms with Crippen LogP contribution in [0, 0.1) is 17.8 Å². The van der Waals surface area contributed by atoms with Crippen molar-refractivity contribution in [1.29, 1.82) is 0 Å². The van der Waals surface area contributed by atoms with Crippen LogP contribution in [0.15, 0.2) is 60.7 Å². The lowest BCUT2D eigenvalue weighted by Gasteiger charge is -2.43. The van der Waals surface area contributed by atoms with E-state index in [1.54, 1.807) is 5.01 Å². The Morgan fingerprint density at radius 3 is 2.37 bits per heavy atom. The number of ketones is 1. The zero-order valence-corrected chi connectivity index (χ0v) is 15.0. The van der Waals surface area contributed by atoms with Gasteiger partial charge in [0.2, 0.25) is 5.91 Å². The number of carbonyl (C=O) groups excluding carboxylic acids is 2. The summed E-state index contributed by atoms with van der Waals surface area (Å²) in [5.74, 6) is 0.368. The van der Waals surface area contributed by atoms with Gasteiger partial charge in [0.25, 0.3) is 0 Å².